The van der Waals surface area contributed by atoms with Crippen molar-refractivity contribution in [2.45, 2.75) is 39.5 Å². The molecule has 2 aromatic rings. The molecule has 150 valence electrons. The van der Waals surface area contributed by atoms with Gasteiger partial charge in [-0.05, 0) is 42.7 Å². The lowest BCUT2D eigenvalue weighted by Crippen LogP contribution is -2.36. The summed E-state index contributed by atoms with van der Waals surface area (Å²) >= 11 is 0. The number of hydrogen-bond acceptors (Lipinski definition) is 3. The molecule has 0 saturated carbocycles. The highest BCUT2D eigenvalue weighted by Crippen LogP contribution is 2.23. The number of benzene rings is 2. The number of aryl methyl sites for hydroxylation is 2. The molecular weight excluding hydrogens is 357 g/mol. The number of rotatable bonds is 6. The minimum Gasteiger partial charge on any atom is -0.488 e. The number of hydrogen-bond donors (Lipinski definition) is 2. The molecule has 1 aliphatic heterocycles. The van der Waals surface area contributed by atoms with Crippen molar-refractivity contribution < 1.29 is 13.9 Å². The van der Waals surface area contributed by atoms with Gasteiger partial charge in [-0.3, -0.25) is 4.99 Å². The van der Waals surface area contributed by atoms with Crippen molar-refractivity contribution in [2.24, 2.45) is 4.99 Å². The van der Waals surface area contributed by atoms with Crippen molar-refractivity contribution in [1.29, 1.82) is 0 Å². The van der Waals surface area contributed by atoms with Crippen LogP contribution in [0, 0.1) is 19.7 Å². The fourth-order valence-corrected chi connectivity index (χ4v) is 3.11. The average Bonchev–Trinajstić information content (AvgIpc) is 3.19. The first-order chi connectivity index (χ1) is 13.5. The Hall–Kier alpha value is -2.60. The predicted molar refractivity (Wildman–Crippen MR) is 109 cm³/mol. The zero-order valence-corrected chi connectivity index (χ0v) is 16.7. The van der Waals surface area contributed by atoms with Crippen molar-refractivity contribution in [2.75, 3.05) is 20.3 Å². The van der Waals surface area contributed by atoms with E-state index in [1.165, 1.54) is 6.07 Å². The third kappa shape index (κ3) is 5.45. The number of ether oxygens (including phenoxy) is 2. The number of nitrogens with one attached hydrogen (secondary N) is 2. The fourth-order valence-electron chi connectivity index (χ4n) is 3.11. The van der Waals surface area contributed by atoms with Gasteiger partial charge in [-0.25, -0.2) is 4.39 Å². The number of guanidine groups is 1. The number of halogens is 1. The van der Waals surface area contributed by atoms with Crippen LogP contribution in [0.4, 0.5) is 4.39 Å². The summed E-state index contributed by atoms with van der Waals surface area (Å²) in [6.07, 6.45) is 1.03. The van der Waals surface area contributed by atoms with E-state index in [1.807, 2.05) is 6.07 Å². The van der Waals surface area contributed by atoms with Gasteiger partial charge >= 0.3 is 0 Å². The average molecular weight is 385 g/mol. The minimum atomic E-state index is -0.189. The van der Waals surface area contributed by atoms with Crippen LogP contribution in [0.25, 0.3) is 0 Å². The van der Waals surface area contributed by atoms with E-state index in [2.05, 4.69) is 40.7 Å². The van der Waals surface area contributed by atoms with E-state index in [0.717, 1.165) is 35.5 Å². The Labute approximate surface area is 166 Å². The van der Waals surface area contributed by atoms with E-state index in [9.17, 15) is 4.39 Å². The van der Waals surface area contributed by atoms with Crippen LogP contribution >= 0.6 is 0 Å². The lowest BCUT2D eigenvalue weighted by molar-refractivity contribution is 0.140. The summed E-state index contributed by atoms with van der Waals surface area (Å²) in [5, 5.41) is 6.58. The van der Waals surface area contributed by atoms with Gasteiger partial charge in [0.25, 0.3) is 0 Å². The first-order valence-corrected chi connectivity index (χ1v) is 9.58. The molecule has 5 nitrogen and oxygen atoms in total. The number of aliphatic imine (C=N–C) groups is 1. The van der Waals surface area contributed by atoms with E-state index in [4.69, 9.17) is 9.47 Å². The van der Waals surface area contributed by atoms with Crippen LogP contribution in [-0.2, 0) is 17.8 Å². The van der Waals surface area contributed by atoms with Crippen molar-refractivity contribution in [3.63, 3.8) is 0 Å². The van der Waals surface area contributed by atoms with Gasteiger partial charge in [0.1, 0.15) is 17.7 Å². The largest absolute Gasteiger partial charge is 0.488 e. The standard InChI is InChI=1S/C22H28FN3O2/c1-15-4-6-18(21(10-15)28-19-8-9-27-14-19)13-26-22(24-3)25-12-17-5-7-20(23)16(2)11-17/h4-7,10-11,19H,8-9,12-14H2,1-3H3,(H2,24,25,26). The smallest absolute Gasteiger partial charge is 0.191 e. The monoisotopic (exact) mass is 385 g/mol. The third-order valence-electron chi connectivity index (χ3n) is 4.76. The summed E-state index contributed by atoms with van der Waals surface area (Å²) in [5.41, 5.74) is 3.87. The van der Waals surface area contributed by atoms with Gasteiger partial charge in [0.15, 0.2) is 5.96 Å². The van der Waals surface area contributed by atoms with E-state index in [-0.39, 0.29) is 11.9 Å². The molecule has 1 unspecified atom stereocenters. The summed E-state index contributed by atoms with van der Waals surface area (Å²) < 4.78 is 25.0. The van der Waals surface area contributed by atoms with Gasteiger partial charge in [0.2, 0.25) is 0 Å². The molecule has 2 N–H and O–H groups in total. The van der Waals surface area contributed by atoms with Crippen LogP contribution in [0.5, 0.6) is 5.75 Å². The van der Waals surface area contributed by atoms with Crippen molar-refractivity contribution in [3.8, 4) is 5.75 Å². The maximum Gasteiger partial charge on any atom is 0.191 e. The van der Waals surface area contributed by atoms with Crippen molar-refractivity contribution in [3.05, 3.63) is 64.5 Å². The van der Waals surface area contributed by atoms with Gasteiger partial charge < -0.3 is 20.1 Å². The van der Waals surface area contributed by atoms with E-state index in [0.29, 0.717) is 31.2 Å². The Bertz CT molecular complexity index is 833. The van der Waals surface area contributed by atoms with Crippen molar-refractivity contribution in [1.82, 2.24) is 10.6 Å². The topological polar surface area (TPSA) is 54.9 Å². The Morgan fingerprint density at radius 2 is 2.00 bits per heavy atom. The van der Waals surface area contributed by atoms with E-state index in [1.54, 1.807) is 20.0 Å². The molecule has 1 saturated heterocycles. The molecule has 0 aromatic heterocycles. The third-order valence-corrected chi connectivity index (χ3v) is 4.76. The highest BCUT2D eigenvalue weighted by atomic mass is 19.1. The van der Waals surface area contributed by atoms with Gasteiger partial charge in [0.05, 0.1) is 13.2 Å². The second kappa shape index (κ2) is 9.55. The normalized spacial score (nSPS) is 16.9. The molecular formula is C22H28FN3O2. The second-order valence-electron chi connectivity index (χ2n) is 7.08. The van der Waals surface area contributed by atoms with Crippen LogP contribution in [0.2, 0.25) is 0 Å². The SMILES string of the molecule is CN=C(NCc1ccc(F)c(C)c1)NCc1ccc(C)cc1OC1CCOC1. The highest BCUT2D eigenvalue weighted by molar-refractivity contribution is 5.79. The molecule has 0 bridgehead atoms. The van der Waals surface area contributed by atoms with E-state index >= 15 is 0 Å². The maximum atomic E-state index is 13.4. The van der Waals surface area contributed by atoms with Crippen LogP contribution in [0.1, 0.15) is 28.7 Å². The second-order valence-corrected chi connectivity index (χ2v) is 7.08. The summed E-state index contributed by atoms with van der Waals surface area (Å²) in [6, 6.07) is 11.3. The lowest BCUT2D eigenvalue weighted by Gasteiger charge is -2.18. The molecule has 0 radical (unpaired) electrons. The molecule has 0 spiro atoms. The molecule has 2 aromatic carbocycles. The van der Waals surface area contributed by atoms with E-state index < -0.39 is 0 Å². The quantitative estimate of drug-likeness (QED) is 0.591. The molecule has 0 amide bonds. The van der Waals surface area contributed by atoms with Crippen LogP contribution < -0.4 is 15.4 Å². The van der Waals surface area contributed by atoms with Crippen LogP contribution in [-0.4, -0.2) is 32.3 Å². The Morgan fingerprint density at radius 3 is 2.71 bits per heavy atom. The zero-order valence-electron chi connectivity index (χ0n) is 16.7. The maximum absolute atomic E-state index is 13.4. The molecule has 3 rings (SSSR count). The minimum absolute atomic E-state index is 0.111. The van der Waals surface area contributed by atoms with Gasteiger partial charge in [-0.1, -0.05) is 24.3 Å². The molecule has 1 atom stereocenters. The van der Waals surface area contributed by atoms with Gasteiger partial charge in [-0.2, -0.15) is 0 Å². The molecule has 28 heavy (non-hydrogen) atoms. The van der Waals surface area contributed by atoms with Crippen LogP contribution in [0.3, 0.4) is 0 Å². The zero-order chi connectivity index (χ0) is 19.9. The summed E-state index contributed by atoms with van der Waals surface area (Å²) in [6.45, 7) is 6.37. The Morgan fingerprint density at radius 1 is 1.18 bits per heavy atom. The first kappa shape index (κ1) is 20.1. The fraction of sp³-hybridized carbons (Fsp3) is 0.409. The van der Waals surface area contributed by atoms with Gasteiger partial charge in [-0.15, -0.1) is 0 Å². The van der Waals surface area contributed by atoms with Crippen LogP contribution in [0.15, 0.2) is 41.4 Å². The summed E-state index contributed by atoms with van der Waals surface area (Å²) in [4.78, 5) is 4.27. The summed E-state index contributed by atoms with van der Waals surface area (Å²) in [5.74, 6) is 1.37. The molecule has 6 heteroatoms. The molecule has 1 fully saturated rings. The Balaban J connectivity index is 1.59. The molecule has 0 aliphatic carbocycles. The van der Waals surface area contributed by atoms with Crippen molar-refractivity contribution >= 4 is 5.96 Å². The van der Waals surface area contributed by atoms with Gasteiger partial charge in [0, 0.05) is 32.1 Å². The molecule has 1 aliphatic rings. The summed E-state index contributed by atoms with van der Waals surface area (Å²) in [7, 11) is 1.73. The Kier molecular flexibility index (Phi) is 6.87. The first-order valence-electron chi connectivity index (χ1n) is 9.58. The highest BCUT2D eigenvalue weighted by Gasteiger charge is 2.18. The predicted octanol–water partition coefficient (Wildman–Crippen LogP) is 3.48. The molecule has 1 heterocycles. The number of nitrogens with zero attached hydrogens (tertiary/aromatic N) is 1. The lowest BCUT2D eigenvalue weighted by atomic mass is 10.1.